The number of hydrogen-bond acceptors (Lipinski definition) is 3. The molecule has 13 heavy (non-hydrogen) atoms. The Bertz CT molecular complexity index is 263. The monoisotopic (exact) mass is 198 g/mol. The maximum Gasteiger partial charge on any atom is 0.129 e. The Labute approximate surface area is 82.6 Å². The highest BCUT2D eigenvalue weighted by Crippen LogP contribution is 2.31. The van der Waals surface area contributed by atoms with Gasteiger partial charge in [-0.25, -0.2) is 0 Å². The van der Waals surface area contributed by atoms with Crippen molar-refractivity contribution in [2.24, 2.45) is 0 Å². The topological polar surface area (TPSA) is 40.5 Å². The number of aromatic hydroxyl groups is 1. The maximum absolute atomic E-state index is 9.44. The lowest BCUT2D eigenvalue weighted by atomic mass is 10.3. The van der Waals surface area contributed by atoms with Gasteiger partial charge in [-0.3, -0.25) is 0 Å². The largest absolute Gasteiger partial charge is 0.507 e. The Morgan fingerprint density at radius 2 is 2.08 bits per heavy atom. The van der Waals surface area contributed by atoms with Gasteiger partial charge < -0.3 is 10.2 Å². The normalized spacial score (nSPS) is 12.8. The van der Waals surface area contributed by atoms with E-state index in [1.807, 2.05) is 19.1 Å². The van der Waals surface area contributed by atoms with Crippen LogP contribution in [0.25, 0.3) is 0 Å². The van der Waals surface area contributed by atoms with Crippen LogP contribution in [-0.2, 0) is 0 Å². The third kappa shape index (κ3) is 3.28. The third-order valence-corrected chi connectivity index (χ3v) is 2.97. The number of phenolic OH excluding ortho intramolecular Hbond substituents is 1. The van der Waals surface area contributed by atoms with Gasteiger partial charge in [0.25, 0.3) is 0 Å². The number of rotatable bonds is 4. The molecule has 1 aromatic rings. The summed E-state index contributed by atoms with van der Waals surface area (Å²) in [6.07, 6.45) is 0.749. The Morgan fingerprint density at radius 1 is 1.38 bits per heavy atom. The van der Waals surface area contributed by atoms with Crippen LogP contribution in [0.5, 0.6) is 5.75 Å². The maximum atomic E-state index is 9.44. The van der Waals surface area contributed by atoms with Crippen LogP contribution in [0.2, 0.25) is 0 Å². The molecule has 0 aliphatic heterocycles. The Balaban J connectivity index is 2.58. The van der Waals surface area contributed by atoms with E-state index in [1.54, 1.807) is 23.9 Å². The first-order valence-corrected chi connectivity index (χ1v) is 5.17. The van der Waals surface area contributed by atoms with Gasteiger partial charge in [-0.1, -0.05) is 19.1 Å². The summed E-state index contributed by atoms with van der Waals surface area (Å²) in [6.45, 7) is 2.23. The molecule has 0 saturated carbocycles. The second kappa shape index (κ2) is 5.14. The Morgan fingerprint density at radius 3 is 2.69 bits per heavy atom. The van der Waals surface area contributed by atoms with Crippen molar-refractivity contribution in [1.29, 1.82) is 0 Å². The van der Waals surface area contributed by atoms with Gasteiger partial charge in [-0.15, -0.1) is 11.8 Å². The first-order valence-electron chi connectivity index (χ1n) is 4.29. The van der Waals surface area contributed by atoms with Crippen molar-refractivity contribution >= 4 is 11.8 Å². The molecule has 2 nitrogen and oxygen atoms in total. The number of phenols is 1. The van der Waals surface area contributed by atoms with Crippen molar-refractivity contribution in [1.82, 2.24) is 0 Å². The number of hydrogen-bond donors (Lipinski definition) is 2. The molecule has 72 valence electrons. The van der Waals surface area contributed by atoms with Crippen molar-refractivity contribution in [2.45, 2.75) is 23.5 Å². The van der Waals surface area contributed by atoms with E-state index in [-0.39, 0.29) is 6.61 Å². The highest BCUT2D eigenvalue weighted by Gasteiger charge is 2.06. The summed E-state index contributed by atoms with van der Waals surface area (Å²) in [5.41, 5.74) is 0. The van der Waals surface area contributed by atoms with Gasteiger partial charge in [0.2, 0.25) is 0 Å². The Hall–Kier alpha value is -0.670. The molecule has 0 aliphatic carbocycles. The smallest absolute Gasteiger partial charge is 0.129 e. The minimum absolute atomic E-state index is 0.196. The summed E-state index contributed by atoms with van der Waals surface area (Å²) < 4.78 is 0. The van der Waals surface area contributed by atoms with Crippen molar-refractivity contribution in [3.63, 3.8) is 0 Å². The zero-order valence-electron chi connectivity index (χ0n) is 7.60. The minimum atomic E-state index is 0.196. The van der Waals surface area contributed by atoms with Crippen LogP contribution in [0.3, 0.4) is 0 Å². The minimum Gasteiger partial charge on any atom is -0.507 e. The van der Waals surface area contributed by atoms with E-state index in [1.165, 1.54) is 0 Å². The predicted molar refractivity (Wildman–Crippen MR) is 55.1 cm³/mol. The average molecular weight is 198 g/mol. The summed E-state index contributed by atoms with van der Waals surface area (Å²) in [7, 11) is 0. The molecule has 0 aliphatic rings. The average Bonchev–Trinajstić information content (AvgIpc) is 2.09. The number of aliphatic hydroxyl groups excluding tert-OH is 1. The van der Waals surface area contributed by atoms with E-state index in [4.69, 9.17) is 5.11 Å². The molecule has 0 bridgehead atoms. The molecule has 2 N–H and O–H groups in total. The lowest BCUT2D eigenvalue weighted by Crippen LogP contribution is -1.98. The number of thioether (sulfide) groups is 1. The first kappa shape index (κ1) is 10.4. The number of aliphatic hydroxyl groups is 1. The zero-order valence-corrected chi connectivity index (χ0v) is 8.42. The molecule has 1 aromatic carbocycles. The van der Waals surface area contributed by atoms with Crippen molar-refractivity contribution < 1.29 is 10.2 Å². The van der Waals surface area contributed by atoms with E-state index in [0.717, 1.165) is 11.3 Å². The molecular weight excluding hydrogens is 184 g/mol. The van der Waals surface area contributed by atoms with Gasteiger partial charge in [0.15, 0.2) is 0 Å². The number of para-hydroxylation sites is 1. The molecule has 0 fully saturated rings. The molecule has 0 saturated heterocycles. The molecule has 1 atom stereocenters. The van der Waals surface area contributed by atoms with Crippen LogP contribution in [-0.4, -0.2) is 22.1 Å². The summed E-state index contributed by atoms with van der Waals surface area (Å²) >= 11 is 1.58. The molecule has 3 heteroatoms. The van der Waals surface area contributed by atoms with Gasteiger partial charge in [0.05, 0.1) is 0 Å². The predicted octanol–water partition coefficient (Wildman–Crippen LogP) is 2.26. The van der Waals surface area contributed by atoms with Crippen molar-refractivity contribution in [3.05, 3.63) is 24.3 Å². The van der Waals surface area contributed by atoms with E-state index >= 15 is 0 Å². The first-order chi connectivity index (χ1) is 6.24. The summed E-state index contributed by atoms with van der Waals surface area (Å²) in [5.74, 6) is 0.317. The number of benzene rings is 1. The SMILES string of the molecule is CC(CCO)Sc1ccccc1O. The lowest BCUT2D eigenvalue weighted by molar-refractivity contribution is 0.289. The second-order valence-electron chi connectivity index (χ2n) is 2.91. The molecule has 1 unspecified atom stereocenters. The quantitative estimate of drug-likeness (QED) is 0.729. The fraction of sp³-hybridized carbons (Fsp3) is 0.400. The molecule has 0 aromatic heterocycles. The lowest BCUT2D eigenvalue weighted by Gasteiger charge is -2.09. The molecule has 0 amide bonds. The van der Waals surface area contributed by atoms with Crippen LogP contribution in [0.15, 0.2) is 29.2 Å². The summed E-state index contributed by atoms with van der Waals surface area (Å²) in [5, 5.41) is 18.5. The summed E-state index contributed by atoms with van der Waals surface area (Å²) in [4.78, 5) is 0.878. The highest BCUT2D eigenvalue weighted by molar-refractivity contribution is 8.00. The van der Waals surface area contributed by atoms with Gasteiger partial charge in [0, 0.05) is 16.8 Å². The van der Waals surface area contributed by atoms with E-state index in [0.29, 0.717) is 11.0 Å². The van der Waals surface area contributed by atoms with Gasteiger partial charge in [-0.2, -0.15) is 0 Å². The standard InChI is InChI=1S/C10H14O2S/c1-8(6-7-11)13-10-5-3-2-4-9(10)12/h2-5,8,11-12H,6-7H2,1H3. The van der Waals surface area contributed by atoms with Crippen LogP contribution >= 0.6 is 11.8 Å². The van der Waals surface area contributed by atoms with Crippen molar-refractivity contribution in [2.75, 3.05) is 6.61 Å². The van der Waals surface area contributed by atoms with Gasteiger partial charge >= 0.3 is 0 Å². The second-order valence-corrected chi connectivity index (χ2v) is 4.39. The summed E-state index contributed by atoms with van der Waals surface area (Å²) in [6, 6.07) is 7.26. The highest BCUT2D eigenvalue weighted by atomic mass is 32.2. The van der Waals surface area contributed by atoms with E-state index in [2.05, 4.69) is 0 Å². The van der Waals surface area contributed by atoms with Crippen LogP contribution < -0.4 is 0 Å². The molecule has 0 radical (unpaired) electrons. The molecular formula is C10H14O2S. The third-order valence-electron chi connectivity index (χ3n) is 1.73. The Kier molecular flexibility index (Phi) is 4.12. The van der Waals surface area contributed by atoms with Gasteiger partial charge in [0.1, 0.15) is 5.75 Å². The fourth-order valence-corrected chi connectivity index (χ4v) is 2.02. The molecule has 1 rings (SSSR count). The molecule has 0 spiro atoms. The van der Waals surface area contributed by atoms with Crippen molar-refractivity contribution in [3.8, 4) is 5.75 Å². The van der Waals surface area contributed by atoms with Crippen LogP contribution in [0.1, 0.15) is 13.3 Å². The van der Waals surface area contributed by atoms with Crippen LogP contribution in [0.4, 0.5) is 0 Å². The van der Waals surface area contributed by atoms with E-state index in [9.17, 15) is 5.11 Å². The fourth-order valence-electron chi connectivity index (χ4n) is 1.01. The molecule has 0 heterocycles. The van der Waals surface area contributed by atoms with Crippen LogP contribution in [0, 0.1) is 0 Å². The zero-order chi connectivity index (χ0) is 9.68. The van der Waals surface area contributed by atoms with Gasteiger partial charge in [-0.05, 0) is 18.6 Å². The van der Waals surface area contributed by atoms with E-state index < -0.39 is 0 Å².